The summed E-state index contributed by atoms with van der Waals surface area (Å²) >= 11 is 5.69. The Labute approximate surface area is 109 Å². The molecule has 0 aliphatic carbocycles. The molecule has 2 aromatic rings. The fourth-order valence-corrected chi connectivity index (χ4v) is 1.77. The summed E-state index contributed by atoms with van der Waals surface area (Å²) in [6, 6.07) is 8.05. The Balaban J connectivity index is 1.86. The third-order valence-electron chi connectivity index (χ3n) is 2.53. The highest BCUT2D eigenvalue weighted by Gasteiger charge is 2.07. The first-order valence-corrected chi connectivity index (χ1v) is 5.90. The van der Waals surface area contributed by atoms with Gasteiger partial charge in [-0.05, 0) is 24.1 Å². The van der Waals surface area contributed by atoms with Gasteiger partial charge in [0.25, 0.3) is 5.91 Å². The van der Waals surface area contributed by atoms with Gasteiger partial charge in [-0.2, -0.15) is 0 Å². The van der Waals surface area contributed by atoms with E-state index in [0.29, 0.717) is 29.2 Å². The highest BCUT2D eigenvalue weighted by atomic mass is 35.5. The summed E-state index contributed by atoms with van der Waals surface area (Å²) < 4.78 is 13.3. The average Bonchev–Trinajstić information content (AvgIpc) is 2.78. The molecule has 0 aliphatic heterocycles. The van der Waals surface area contributed by atoms with E-state index in [-0.39, 0.29) is 11.7 Å². The van der Waals surface area contributed by atoms with E-state index in [9.17, 15) is 9.18 Å². The Kier molecular flexibility index (Phi) is 3.99. The molecular weight excluding hydrogens is 255 g/mol. The van der Waals surface area contributed by atoms with Crippen LogP contribution in [0.1, 0.15) is 16.1 Å². The average molecular weight is 267 g/mol. The number of carbonyl (C=O) groups excluding carboxylic acids is 1. The number of halogens is 2. The highest BCUT2D eigenvalue weighted by molar-refractivity contribution is 6.30. The Hall–Kier alpha value is -1.81. The van der Waals surface area contributed by atoms with E-state index in [1.807, 2.05) is 0 Å². The van der Waals surface area contributed by atoms with Gasteiger partial charge in [-0.25, -0.2) is 4.39 Å². The zero-order valence-electron chi connectivity index (χ0n) is 9.54. The van der Waals surface area contributed by atoms with Crippen molar-refractivity contribution in [3.63, 3.8) is 0 Å². The van der Waals surface area contributed by atoms with Gasteiger partial charge in [-0.15, -0.1) is 0 Å². The molecule has 0 atom stereocenters. The largest absolute Gasteiger partial charge is 0.356 e. The van der Waals surface area contributed by atoms with Crippen molar-refractivity contribution >= 4 is 17.5 Å². The van der Waals surface area contributed by atoms with Crippen LogP contribution in [0.5, 0.6) is 0 Å². The molecule has 0 unspecified atom stereocenters. The maximum Gasteiger partial charge on any atom is 0.267 e. The van der Waals surface area contributed by atoms with E-state index in [2.05, 4.69) is 10.3 Å². The number of nitrogens with one attached hydrogen (secondary N) is 2. The molecule has 1 amide bonds. The van der Waals surface area contributed by atoms with E-state index in [4.69, 9.17) is 11.6 Å². The number of rotatable bonds is 4. The number of hydrogen-bond donors (Lipinski definition) is 2. The van der Waals surface area contributed by atoms with Gasteiger partial charge in [-0.3, -0.25) is 4.79 Å². The Morgan fingerprint density at radius 2 is 2.17 bits per heavy atom. The Bertz CT molecular complexity index is 553. The molecule has 18 heavy (non-hydrogen) atoms. The van der Waals surface area contributed by atoms with Crippen LogP contribution < -0.4 is 5.32 Å². The lowest BCUT2D eigenvalue weighted by molar-refractivity contribution is 0.0949. The van der Waals surface area contributed by atoms with Gasteiger partial charge in [0.1, 0.15) is 11.5 Å². The van der Waals surface area contributed by atoms with Crippen LogP contribution in [-0.4, -0.2) is 17.4 Å². The lowest BCUT2D eigenvalue weighted by Gasteiger charge is -2.04. The number of benzene rings is 1. The number of aromatic amines is 1. The molecule has 1 aromatic heterocycles. The van der Waals surface area contributed by atoms with E-state index in [1.54, 1.807) is 24.3 Å². The third kappa shape index (κ3) is 3.11. The smallest absolute Gasteiger partial charge is 0.267 e. The lowest BCUT2D eigenvalue weighted by atomic mass is 10.1. The van der Waals surface area contributed by atoms with Gasteiger partial charge < -0.3 is 10.3 Å². The van der Waals surface area contributed by atoms with E-state index in [0.717, 1.165) is 0 Å². The molecule has 5 heteroatoms. The van der Waals surface area contributed by atoms with Crippen molar-refractivity contribution in [1.29, 1.82) is 0 Å². The molecule has 2 rings (SSSR count). The lowest BCUT2D eigenvalue weighted by Crippen LogP contribution is -2.26. The second kappa shape index (κ2) is 5.69. The van der Waals surface area contributed by atoms with Gasteiger partial charge in [0.05, 0.1) is 5.02 Å². The minimum atomic E-state index is -0.255. The molecule has 1 heterocycles. The predicted octanol–water partition coefficient (Wildman–Crippen LogP) is 2.78. The SMILES string of the molecule is O=C(NCCc1ccccc1F)c1cc(Cl)c[nH]1. The second-order valence-electron chi connectivity index (χ2n) is 3.83. The normalized spacial score (nSPS) is 10.3. The van der Waals surface area contributed by atoms with E-state index >= 15 is 0 Å². The van der Waals surface area contributed by atoms with Gasteiger partial charge in [0.2, 0.25) is 0 Å². The summed E-state index contributed by atoms with van der Waals surface area (Å²) in [6.07, 6.45) is 1.99. The van der Waals surface area contributed by atoms with Crippen LogP contribution in [0.4, 0.5) is 4.39 Å². The van der Waals surface area contributed by atoms with Crippen LogP contribution >= 0.6 is 11.6 Å². The number of amides is 1. The minimum absolute atomic E-state index is 0.252. The van der Waals surface area contributed by atoms with Gasteiger partial charge >= 0.3 is 0 Å². The van der Waals surface area contributed by atoms with Crippen LogP contribution in [0.2, 0.25) is 5.02 Å². The molecule has 0 saturated carbocycles. The van der Waals surface area contributed by atoms with Crippen molar-refractivity contribution in [1.82, 2.24) is 10.3 Å². The molecule has 0 spiro atoms. The molecule has 3 nitrogen and oxygen atoms in total. The molecule has 0 aliphatic rings. The van der Waals surface area contributed by atoms with Crippen molar-refractivity contribution in [2.24, 2.45) is 0 Å². The van der Waals surface area contributed by atoms with Crippen molar-refractivity contribution in [3.05, 3.63) is 58.6 Å². The van der Waals surface area contributed by atoms with Gasteiger partial charge in [0.15, 0.2) is 0 Å². The first-order valence-electron chi connectivity index (χ1n) is 5.52. The van der Waals surface area contributed by atoms with Crippen molar-refractivity contribution < 1.29 is 9.18 Å². The predicted molar refractivity (Wildman–Crippen MR) is 68.2 cm³/mol. The molecule has 2 N–H and O–H groups in total. The molecule has 1 aromatic carbocycles. The molecule has 0 fully saturated rings. The zero-order valence-corrected chi connectivity index (χ0v) is 10.3. The molecule has 0 saturated heterocycles. The summed E-state index contributed by atoms with van der Waals surface area (Å²) in [6.45, 7) is 0.371. The number of H-pyrrole nitrogens is 1. The minimum Gasteiger partial charge on any atom is -0.356 e. The maximum absolute atomic E-state index is 13.3. The van der Waals surface area contributed by atoms with Crippen LogP contribution in [0.25, 0.3) is 0 Å². The third-order valence-corrected chi connectivity index (χ3v) is 2.75. The molecular formula is C13H12ClFN2O. The summed E-state index contributed by atoms with van der Waals surface area (Å²) in [5.41, 5.74) is 0.982. The number of hydrogen-bond acceptors (Lipinski definition) is 1. The highest BCUT2D eigenvalue weighted by Crippen LogP contribution is 2.09. The Morgan fingerprint density at radius 1 is 1.39 bits per heavy atom. The van der Waals surface area contributed by atoms with E-state index in [1.165, 1.54) is 12.3 Å². The van der Waals surface area contributed by atoms with Crippen molar-refractivity contribution in [3.8, 4) is 0 Å². The molecule has 94 valence electrons. The van der Waals surface area contributed by atoms with Gasteiger partial charge in [-0.1, -0.05) is 29.8 Å². The summed E-state index contributed by atoms with van der Waals surface area (Å²) in [5.74, 6) is -0.507. The number of carbonyl (C=O) groups is 1. The first kappa shape index (κ1) is 12.6. The standard InChI is InChI=1S/C13H12ClFN2O/c14-10-7-12(17-8-10)13(18)16-6-5-9-3-1-2-4-11(9)15/h1-4,7-8,17H,5-6H2,(H,16,18). The fraction of sp³-hybridized carbons (Fsp3) is 0.154. The monoisotopic (exact) mass is 266 g/mol. The quantitative estimate of drug-likeness (QED) is 0.878. The van der Waals surface area contributed by atoms with Crippen LogP contribution in [0.3, 0.4) is 0 Å². The summed E-state index contributed by atoms with van der Waals surface area (Å²) in [7, 11) is 0. The Morgan fingerprint density at radius 3 is 2.83 bits per heavy atom. The summed E-state index contributed by atoms with van der Waals surface area (Å²) in [4.78, 5) is 14.4. The van der Waals surface area contributed by atoms with Crippen LogP contribution in [0, 0.1) is 5.82 Å². The molecule has 0 bridgehead atoms. The van der Waals surface area contributed by atoms with Gasteiger partial charge in [0, 0.05) is 12.7 Å². The fourth-order valence-electron chi connectivity index (χ4n) is 1.61. The second-order valence-corrected chi connectivity index (χ2v) is 4.27. The van der Waals surface area contributed by atoms with E-state index < -0.39 is 0 Å². The maximum atomic E-state index is 13.3. The van der Waals surface area contributed by atoms with Crippen LogP contribution in [0.15, 0.2) is 36.5 Å². The van der Waals surface area contributed by atoms with Crippen LogP contribution in [-0.2, 0) is 6.42 Å². The first-order chi connectivity index (χ1) is 8.66. The van der Waals surface area contributed by atoms with Crippen molar-refractivity contribution in [2.75, 3.05) is 6.54 Å². The number of aromatic nitrogens is 1. The zero-order chi connectivity index (χ0) is 13.0. The topological polar surface area (TPSA) is 44.9 Å². The summed E-state index contributed by atoms with van der Waals surface area (Å²) in [5, 5.41) is 3.17. The van der Waals surface area contributed by atoms with Crippen molar-refractivity contribution in [2.45, 2.75) is 6.42 Å². The molecule has 0 radical (unpaired) electrons.